The highest BCUT2D eigenvalue weighted by Gasteiger charge is 2.29. The normalized spacial score (nSPS) is 16.6. The Labute approximate surface area is 147 Å². The summed E-state index contributed by atoms with van der Waals surface area (Å²) in [6.45, 7) is 10.3. The average molecular weight is 353 g/mol. The molecule has 0 unspecified atom stereocenters. The zero-order valence-corrected chi connectivity index (χ0v) is 15.7. The minimum atomic E-state index is -0.799. The summed E-state index contributed by atoms with van der Waals surface area (Å²) in [5.41, 5.74) is 0.482. The quantitative estimate of drug-likeness (QED) is 0.880. The summed E-state index contributed by atoms with van der Waals surface area (Å²) in [7, 11) is 0. The molecule has 0 spiro atoms. The number of likely N-dealkylation sites (tertiary alicyclic amines) is 1. The Kier molecular flexibility index (Phi) is 5.98. The number of amides is 1. The largest absolute Gasteiger partial charge is 0.480 e. The molecule has 1 aliphatic heterocycles. The van der Waals surface area contributed by atoms with Crippen molar-refractivity contribution in [2.75, 3.05) is 26.2 Å². The molecule has 1 fully saturated rings. The second-order valence-electron chi connectivity index (χ2n) is 7.27. The predicted molar refractivity (Wildman–Crippen MR) is 94.6 cm³/mol. The average Bonchev–Trinajstić information content (AvgIpc) is 3.02. The van der Waals surface area contributed by atoms with Gasteiger partial charge in [0.2, 0.25) is 0 Å². The van der Waals surface area contributed by atoms with Crippen molar-refractivity contribution in [3.63, 3.8) is 0 Å². The van der Waals surface area contributed by atoms with Gasteiger partial charge in [0, 0.05) is 29.9 Å². The predicted octanol–water partition coefficient (Wildman–Crippen LogP) is 2.45. The van der Waals surface area contributed by atoms with Crippen LogP contribution in [0.3, 0.4) is 0 Å². The topological polar surface area (TPSA) is 73.7 Å². The Hall–Kier alpha value is -1.47. The maximum Gasteiger partial charge on any atom is 0.317 e. The van der Waals surface area contributed by atoms with Crippen LogP contribution in [-0.4, -0.2) is 64.0 Å². The van der Waals surface area contributed by atoms with Gasteiger partial charge in [-0.05, 0) is 19.4 Å². The Morgan fingerprint density at radius 1 is 1.38 bits per heavy atom. The molecule has 2 rings (SSSR count). The van der Waals surface area contributed by atoms with Gasteiger partial charge < -0.3 is 10.0 Å². The lowest BCUT2D eigenvalue weighted by atomic mass is 9.98. The first kappa shape index (κ1) is 18.9. The number of hydrogen-bond donors (Lipinski definition) is 1. The zero-order valence-electron chi connectivity index (χ0n) is 14.9. The summed E-state index contributed by atoms with van der Waals surface area (Å²) >= 11 is 1.53. The van der Waals surface area contributed by atoms with Crippen molar-refractivity contribution in [1.82, 2.24) is 14.8 Å². The van der Waals surface area contributed by atoms with E-state index in [1.165, 1.54) is 11.3 Å². The number of carbonyl (C=O) groups is 2. The van der Waals surface area contributed by atoms with Crippen LogP contribution in [0.1, 0.15) is 56.0 Å². The van der Waals surface area contributed by atoms with Crippen molar-refractivity contribution in [2.45, 2.75) is 52.0 Å². The van der Waals surface area contributed by atoms with Gasteiger partial charge in [-0.1, -0.05) is 27.7 Å². The van der Waals surface area contributed by atoms with Gasteiger partial charge in [-0.15, -0.1) is 11.3 Å². The van der Waals surface area contributed by atoms with Gasteiger partial charge in [0.25, 0.3) is 5.91 Å². The van der Waals surface area contributed by atoms with Crippen molar-refractivity contribution < 1.29 is 14.7 Å². The number of piperidine rings is 1. The van der Waals surface area contributed by atoms with Crippen molar-refractivity contribution >= 4 is 23.2 Å². The number of thiazole rings is 1. The summed E-state index contributed by atoms with van der Waals surface area (Å²) in [6, 6.07) is 0.232. The smallest absolute Gasteiger partial charge is 0.317 e. The van der Waals surface area contributed by atoms with Crippen LogP contribution < -0.4 is 0 Å². The molecule has 2 heterocycles. The van der Waals surface area contributed by atoms with Gasteiger partial charge in [-0.25, -0.2) is 4.98 Å². The van der Waals surface area contributed by atoms with Crippen LogP contribution in [0.15, 0.2) is 5.38 Å². The molecule has 1 aromatic rings. The molecule has 0 radical (unpaired) electrons. The number of rotatable bonds is 5. The van der Waals surface area contributed by atoms with Crippen molar-refractivity contribution in [2.24, 2.45) is 0 Å². The second-order valence-corrected chi connectivity index (χ2v) is 8.13. The first-order chi connectivity index (χ1) is 11.2. The van der Waals surface area contributed by atoms with Crippen LogP contribution in [-0.2, 0) is 10.2 Å². The van der Waals surface area contributed by atoms with Crippen molar-refractivity contribution in [3.05, 3.63) is 16.1 Å². The number of carboxylic acids is 1. The molecule has 0 aliphatic carbocycles. The number of aliphatic carboxylic acids is 1. The Bertz CT molecular complexity index is 586. The molecule has 1 amide bonds. The highest BCUT2D eigenvalue weighted by atomic mass is 32.1. The monoisotopic (exact) mass is 353 g/mol. The van der Waals surface area contributed by atoms with E-state index in [2.05, 4.69) is 25.8 Å². The third kappa shape index (κ3) is 4.54. The van der Waals surface area contributed by atoms with Crippen molar-refractivity contribution in [1.29, 1.82) is 0 Å². The minimum absolute atomic E-state index is 0.0125. The molecule has 0 bridgehead atoms. The highest BCUT2D eigenvalue weighted by molar-refractivity contribution is 7.10. The van der Waals surface area contributed by atoms with E-state index in [-0.39, 0.29) is 23.9 Å². The van der Waals surface area contributed by atoms with Gasteiger partial charge in [-0.2, -0.15) is 0 Å². The molecule has 0 saturated carbocycles. The summed E-state index contributed by atoms with van der Waals surface area (Å²) in [4.78, 5) is 31.9. The van der Waals surface area contributed by atoms with Crippen molar-refractivity contribution in [3.8, 4) is 0 Å². The number of carbonyl (C=O) groups excluding carboxylic acids is 1. The van der Waals surface area contributed by atoms with E-state index in [4.69, 9.17) is 5.11 Å². The fourth-order valence-corrected chi connectivity index (χ4v) is 3.87. The summed E-state index contributed by atoms with van der Waals surface area (Å²) < 4.78 is 0. The van der Waals surface area contributed by atoms with E-state index >= 15 is 0 Å². The lowest BCUT2D eigenvalue weighted by Gasteiger charge is -2.37. The molecule has 134 valence electrons. The first-order valence-corrected chi connectivity index (χ1v) is 9.31. The number of hydrogen-bond acceptors (Lipinski definition) is 5. The van der Waals surface area contributed by atoms with E-state index in [1.54, 1.807) is 0 Å². The van der Waals surface area contributed by atoms with E-state index < -0.39 is 5.97 Å². The molecular formula is C17H27N3O3S. The van der Waals surface area contributed by atoms with Crippen LogP contribution in [0.25, 0.3) is 0 Å². The van der Waals surface area contributed by atoms with Gasteiger partial charge in [0.1, 0.15) is 5.69 Å². The summed E-state index contributed by atoms with van der Waals surface area (Å²) in [5, 5.41) is 11.8. The number of aromatic nitrogens is 1. The van der Waals surface area contributed by atoms with Crippen LogP contribution in [0.4, 0.5) is 0 Å². The van der Waals surface area contributed by atoms with Crippen LogP contribution in [0.2, 0.25) is 0 Å². The molecule has 1 aromatic heterocycles. The molecule has 0 atom stereocenters. The summed E-state index contributed by atoms with van der Waals surface area (Å²) in [6.07, 6.45) is 1.62. The maximum atomic E-state index is 12.6. The lowest BCUT2D eigenvalue weighted by Crippen LogP contribution is -2.48. The third-order valence-electron chi connectivity index (χ3n) is 4.38. The van der Waals surface area contributed by atoms with Gasteiger partial charge in [0.05, 0.1) is 11.6 Å². The number of carboxylic acid groups (broad SMARTS) is 1. The zero-order chi connectivity index (χ0) is 17.9. The second kappa shape index (κ2) is 7.61. The third-order valence-corrected chi connectivity index (χ3v) is 5.65. The Morgan fingerprint density at radius 3 is 2.46 bits per heavy atom. The number of nitrogens with zero attached hydrogens (tertiary/aromatic N) is 3. The van der Waals surface area contributed by atoms with E-state index in [0.717, 1.165) is 17.8 Å². The fraction of sp³-hybridized carbons (Fsp3) is 0.706. The first-order valence-electron chi connectivity index (χ1n) is 8.43. The molecule has 1 saturated heterocycles. The molecular weight excluding hydrogens is 326 g/mol. The van der Waals surface area contributed by atoms with Crippen LogP contribution in [0.5, 0.6) is 0 Å². The summed E-state index contributed by atoms with van der Waals surface area (Å²) in [5.74, 6) is -0.811. The van der Waals surface area contributed by atoms with E-state index in [0.29, 0.717) is 25.3 Å². The Morgan fingerprint density at radius 2 is 2.00 bits per heavy atom. The Balaban J connectivity index is 1.95. The van der Waals surface area contributed by atoms with Crippen LogP contribution in [0, 0.1) is 0 Å². The molecule has 24 heavy (non-hydrogen) atoms. The molecule has 1 N–H and O–H groups in total. The fourth-order valence-electron chi connectivity index (χ4n) is 2.99. The molecule has 1 aliphatic rings. The number of likely N-dealkylation sites (N-methyl/N-ethyl adjacent to an activating group) is 1. The van der Waals surface area contributed by atoms with Gasteiger partial charge >= 0.3 is 5.97 Å². The van der Waals surface area contributed by atoms with Gasteiger partial charge in [0.15, 0.2) is 0 Å². The molecule has 7 heteroatoms. The minimum Gasteiger partial charge on any atom is -0.480 e. The van der Waals surface area contributed by atoms with Gasteiger partial charge in [-0.3, -0.25) is 14.5 Å². The maximum absolute atomic E-state index is 12.6. The standard InChI is InChI=1S/C17H27N3O3S/c1-5-19(10-14(21)22)12-6-8-20(9-7-12)15(23)13-11-24-16(18-13)17(2,3)4/h11-12H,5-10H2,1-4H3,(H,21,22). The SMILES string of the molecule is CCN(CC(=O)O)C1CCN(C(=O)c2csc(C(C)(C)C)n2)CC1. The van der Waals surface area contributed by atoms with Crippen LogP contribution >= 0.6 is 11.3 Å². The highest BCUT2D eigenvalue weighted by Crippen LogP contribution is 2.26. The lowest BCUT2D eigenvalue weighted by molar-refractivity contribution is -0.139. The van der Waals surface area contributed by atoms with E-state index in [1.807, 2.05) is 22.1 Å². The van der Waals surface area contributed by atoms with E-state index in [9.17, 15) is 9.59 Å². The molecule has 0 aromatic carbocycles. The molecule has 6 nitrogen and oxygen atoms in total.